The fraction of sp³-hybridized carbons (Fsp3) is 0.235. The maximum Gasteiger partial charge on any atom is 0.154 e. The van der Waals surface area contributed by atoms with E-state index in [9.17, 15) is 0 Å². The van der Waals surface area contributed by atoms with E-state index >= 15 is 0 Å². The Morgan fingerprint density at radius 3 is 2.67 bits per heavy atom. The van der Waals surface area contributed by atoms with Crippen molar-refractivity contribution in [1.82, 2.24) is 0 Å². The van der Waals surface area contributed by atoms with Crippen molar-refractivity contribution in [3.63, 3.8) is 0 Å². The average molecular weight is 281 g/mol. The second-order valence-electron chi connectivity index (χ2n) is 5.04. The van der Waals surface area contributed by atoms with E-state index in [1.807, 2.05) is 43.3 Å². The quantitative estimate of drug-likeness (QED) is 0.856. The number of benzene rings is 2. The van der Waals surface area contributed by atoms with Crippen molar-refractivity contribution >= 4 is 22.9 Å². The van der Waals surface area contributed by atoms with Crippen molar-refractivity contribution < 1.29 is 4.74 Å². The molecule has 1 aliphatic rings. The van der Waals surface area contributed by atoms with Crippen molar-refractivity contribution in [2.75, 3.05) is 17.2 Å². The van der Waals surface area contributed by atoms with E-state index < -0.39 is 0 Å². The molecule has 0 aromatic heterocycles. The van der Waals surface area contributed by atoms with E-state index in [1.54, 1.807) is 0 Å². The lowest BCUT2D eigenvalue weighted by Gasteiger charge is -2.32. The summed E-state index contributed by atoms with van der Waals surface area (Å²) in [5.41, 5.74) is 8.43. The van der Waals surface area contributed by atoms with Crippen LogP contribution in [0.3, 0.4) is 0 Å². The van der Waals surface area contributed by atoms with Crippen LogP contribution in [0, 0.1) is 0 Å². The Morgan fingerprint density at radius 1 is 1.19 bits per heavy atom. The molecule has 0 amide bonds. The van der Waals surface area contributed by atoms with Crippen molar-refractivity contribution in [3.8, 4) is 5.75 Å². The number of nitrogens with zero attached hydrogens (tertiary/aromatic N) is 2. The maximum absolute atomic E-state index is 5.98. The molecule has 0 radical (unpaired) electrons. The van der Waals surface area contributed by atoms with Crippen LogP contribution in [-0.2, 0) is 0 Å². The largest absolute Gasteiger partial charge is 0.480 e. The summed E-state index contributed by atoms with van der Waals surface area (Å²) in [6.07, 6.45) is -0.112. The third-order valence-electron chi connectivity index (χ3n) is 3.55. The monoisotopic (exact) mass is 281 g/mol. The summed E-state index contributed by atoms with van der Waals surface area (Å²) in [5, 5.41) is 0. The number of aliphatic imine (C=N–C) groups is 1. The van der Waals surface area contributed by atoms with Gasteiger partial charge in [-0.2, -0.15) is 0 Å². The van der Waals surface area contributed by atoms with Crippen LogP contribution in [0.2, 0.25) is 0 Å². The predicted molar refractivity (Wildman–Crippen MR) is 87.5 cm³/mol. The zero-order valence-electron chi connectivity index (χ0n) is 12.3. The molecule has 2 aromatic rings. The van der Waals surface area contributed by atoms with Crippen LogP contribution in [0.25, 0.3) is 0 Å². The van der Waals surface area contributed by atoms with Gasteiger partial charge in [0.2, 0.25) is 0 Å². The number of hydrogen-bond donors (Lipinski definition) is 1. The Labute approximate surface area is 124 Å². The highest BCUT2D eigenvalue weighted by atomic mass is 16.5. The summed E-state index contributed by atoms with van der Waals surface area (Å²) in [6.45, 7) is 4.96. The Hall–Kier alpha value is -2.49. The first-order chi connectivity index (χ1) is 10.2. The number of anilines is 2. The number of fused-ring (bicyclic) bond motifs is 1. The van der Waals surface area contributed by atoms with Crippen molar-refractivity contribution in [2.24, 2.45) is 4.99 Å². The molecule has 1 unspecified atom stereocenters. The van der Waals surface area contributed by atoms with Gasteiger partial charge in [0.1, 0.15) is 11.4 Å². The first-order valence-corrected chi connectivity index (χ1v) is 7.16. The molecule has 4 nitrogen and oxygen atoms in total. The summed E-state index contributed by atoms with van der Waals surface area (Å²) in [7, 11) is 0. The standard InChI is InChI=1S/C17H19N3O/c1-3-20(14-7-5-4-6-8-14)17-12(2)21-16-11-13(18)9-10-15(16)19-17/h4-12H,3,18H2,1-2H3. The minimum absolute atomic E-state index is 0.112. The first-order valence-electron chi connectivity index (χ1n) is 7.16. The van der Waals surface area contributed by atoms with Gasteiger partial charge in [-0.05, 0) is 38.1 Å². The van der Waals surface area contributed by atoms with E-state index in [-0.39, 0.29) is 6.10 Å². The molecule has 0 spiro atoms. The fourth-order valence-corrected chi connectivity index (χ4v) is 2.54. The summed E-state index contributed by atoms with van der Waals surface area (Å²) in [5.74, 6) is 1.66. The maximum atomic E-state index is 5.98. The number of nitrogen functional groups attached to an aromatic ring is 1. The summed E-state index contributed by atoms with van der Waals surface area (Å²) in [4.78, 5) is 6.95. The zero-order valence-corrected chi connectivity index (χ0v) is 12.3. The lowest BCUT2D eigenvalue weighted by atomic mass is 10.2. The normalized spacial score (nSPS) is 16.7. The molecular weight excluding hydrogens is 262 g/mol. The van der Waals surface area contributed by atoms with Crippen LogP contribution in [0.15, 0.2) is 53.5 Å². The lowest BCUT2D eigenvalue weighted by molar-refractivity contribution is 0.281. The van der Waals surface area contributed by atoms with Gasteiger partial charge < -0.3 is 15.4 Å². The van der Waals surface area contributed by atoms with Gasteiger partial charge in [-0.1, -0.05) is 18.2 Å². The average Bonchev–Trinajstić information content (AvgIpc) is 2.50. The number of ether oxygens (including phenoxy) is 1. The molecule has 3 rings (SSSR count). The molecule has 0 aliphatic carbocycles. The number of nitrogens with two attached hydrogens (primary N) is 1. The van der Waals surface area contributed by atoms with E-state index in [0.717, 1.165) is 29.5 Å². The number of hydrogen-bond acceptors (Lipinski definition) is 4. The molecule has 2 N–H and O–H groups in total. The van der Waals surface area contributed by atoms with Crippen molar-refractivity contribution in [2.45, 2.75) is 20.0 Å². The van der Waals surface area contributed by atoms with Gasteiger partial charge in [-0.15, -0.1) is 0 Å². The van der Waals surface area contributed by atoms with Gasteiger partial charge in [0, 0.05) is 24.0 Å². The topological polar surface area (TPSA) is 50.8 Å². The molecule has 0 bridgehead atoms. The lowest BCUT2D eigenvalue weighted by Crippen LogP contribution is -2.42. The molecule has 2 aromatic carbocycles. The number of amidine groups is 1. The molecular formula is C17H19N3O. The smallest absolute Gasteiger partial charge is 0.154 e. The van der Waals surface area contributed by atoms with Crippen LogP contribution in [0.4, 0.5) is 17.1 Å². The zero-order chi connectivity index (χ0) is 14.8. The van der Waals surface area contributed by atoms with Crippen LogP contribution in [0.5, 0.6) is 5.75 Å². The van der Waals surface area contributed by atoms with Crippen LogP contribution in [0.1, 0.15) is 13.8 Å². The van der Waals surface area contributed by atoms with E-state index in [0.29, 0.717) is 5.69 Å². The molecule has 1 atom stereocenters. The molecule has 1 aliphatic heterocycles. The van der Waals surface area contributed by atoms with E-state index in [4.69, 9.17) is 15.5 Å². The molecule has 4 heteroatoms. The van der Waals surface area contributed by atoms with E-state index in [2.05, 4.69) is 24.0 Å². The summed E-state index contributed by atoms with van der Waals surface area (Å²) < 4.78 is 5.98. The molecule has 0 saturated carbocycles. The van der Waals surface area contributed by atoms with Crippen LogP contribution < -0.4 is 15.4 Å². The highest BCUT2D eigenvalue weighted by Gasteiger charge is 2.25. The van der Waals surface area contributed by atoms with Crippen molar-refractivity contribution in [3.05, 3.63) is 48.5 Å². The predicted octanol–water partition coefficient (Wildman–Crippen LogP) is 3.61. The Morgan fingerprint density at radius 2 is 1.95 bits per heavy atom. The number of rotatable bonds is 2. The summed E-state index contributed by atoms with van der Waals surface area (Å²) >= 11 is 0. The molecule has 1 heterocycles. The molecule has 0 fully saturated rings. The second kappa shape index (κ2) is 5.48. The van der Waals surface area contributed by atoms with Gasteiger partial charge in [-0.25, -0.2) is 4.99 Å². The minimum atomic E-state index is -0.112. The SMILES string of the molecule is CCN(C1=Nc2ccc(N)cc2OC1C)c1ccccc1. The summed E-state index contributed by atoms with van der Waals surface area (Å²) in [6, 6.07) is 15.8. The molecule has 21 heavy (non-hydrogen) atoms. The Kier molecular flexibility index (Phi) is 3.52. The van der Waals surface area contributed by atoms with Crippen LogP contribution >= 0.6 is 0 Å². The second-order valence-corrected chi connectivity index (χ2v) is 5.04. The Bertz CT molecular complexity index is 667. The van der Waals surface area contributed by atoms with Gasteiger partial charge >= 0.3 is 0 Å². The van der Waals surface area contributed by atoms with Crippen LogP contribution in [-0.4, -0.2) is 18.5 Å². The highest BCUT2D eigenvalue weighted by molar-refractivity contribution is 6.03. The van der Waals surface area contributed by atoms with Gasteiger partial charge in [0.05, 0.1) is 0 Å². The van der Waals surface area contributed by atoms with Crippen molar-refractivity contribution in [1.29, 1.82) is 0 Å². The molecule has 0 saturated heterocycles. The fourth-order valence-electron chi connectivity index (χ4n) is 2.54. The van der Waals surface area contributed by atoms with E-state index in [1.165, 1.54) is 0 Å². The first kappa shape index (κ1) is 13.5. The highest BCUT2D eigenvalue weighted by Crippen LogP contribution is 2.35. The minimum Gasteiger partial charge on any atom is -0.480 e. The third-order valence-corrected chi connectivity index (χ3v) is 3.55. The third kappa shape index (κ3) is 2.57. The van der Waals surface area contributed by atoms with Gasteiger partial charge in [0.15, 0.2) is 11.9 Å². The Balaban J connectivity index is 2.02. The van der Waals surface area contributed by atoms with Gasteiger partial charge in [0.25, 0.3) is 0 Å². The van der Waals surface area contributed by atoms with Gasteiger partial charge in [-0.3, -0.25) is 0 Å². The molecule has 108 valence electrons. The number of para-hydroxylation sites is 1. The number of likely N-dealkylation sites (N-methyl/N-ethyl adjacent to an activating group) is 1.